The number of nitrogens with zero attached hydrogens (tertiary/aromatic N) is 2. The second-order valence-electron chi connectivity index (χ2n) is 10.3. The summed E-state index contributed by atoms with van der Waals surface area (Å²) in [6.07, 6.45) is 4.35. The number of hydrogen-bond acceptors (Lipinski definition) is 6. The molecule has 1 N–H and O–H groups in total. The Morgan fingerprint density at radius 1 is 0.833 bits per heavy atom. The maximum Gasteiger partial charge on any atom is 0.262 e. The molecule has 1 saturated carbocycles. The van der Waals surface area contributed by atoms with E-state index in [-0.39, 0.29) is 24.4 Å². The number of fused-ring (bicyclic) bond motifs is 1. The molecule has 4 aromatic rings. The average molecular weight is 572 g/mol. The first-order chi connectivity index (χ1) is 20.5. The highest BCUT2D eigenvalue weighted by atomic mass is 16.5. The molecule has 0 saturated heterocycles. The molecule has 1 aromatic heterocycles. The number of carbonyl (C=O) groups excluding carboxylic acids is 2. The van der Waals surface area contributed by atoms with E-state index in [0.717, 1.165) is 34.9 Å². The minimum atomic E-state index is -0.275. The van der Waals surface area contributed by atoms with Gasteiger partial charge in [-0.15, -0.1) is 0 Å². The highest BCUT2D eigenvalue weighted by molar-refractivity contribution is 6.01. The molecule has 1 aliphatic rings. The lowest BCUT2D eigenvalue weighted by atomic mass is 10.1. The van der Waals surface area contributed by atoms with Crippen LogP contribution in [0.25, 0.3) is 10.9 Å². The zero-order valence-electron chi connectivity index (χ0n) is 24.5. The number of para-hydroxylation sites is 1. The van der Waals surface area contributed by atoms with E-state index in [2.05, 4.69) is 11.1 Å². The molecule has 5 rings (SSSR count). The molecule has 2 amide bonds. The Kier molecular flexibility index (Phi) is 8.85. The van der Waals surface area contributed by atoms with Crippen LogP contribution in [0.15, 0.2) is 66.9 Å². The second kappa shape index (κ2) is 12.9. The van der Waals surface area contributed by atoms with E-state index in [4.69, 9.17) is 18.9 Å². The van der Waals surface area contributed by atoms with E-state index in [9.17, 15) is 9.59 Å². The summed E-state index contributed by atoms with van der Waals surface area (Å²) < 4.78 is 21.9. The van der Waals surface area contributed by atoms with Crippen LogP contribution in [-0.4, -0.2) is 74.2 Å². The van der Waals surface area contributed by atoms with Gasteiger partial charge in [0.25, 0.3) is 5.91 Å². The fourth-order valence-corrected chi connectivity index (χ4v) is 5.29. The number of rotatable bonds is 13. The molecule has 9 heteroatoms. The van der Waals surface area contributed by atoms with Crippen LogP contribution in [0.2, 0.25) is 0 Å². The van der Waals surface area contributed by atoms with Crippen LogP contribution in [0.5, 0.6) is 23.0 Å². The fourth-order valence-electron chi connectivity index (χ4n) is 5.29. The van der Waals surface area contributed by atoms with Crippen LogP contribution >= 0.6 is 0 Å². The van der Waals surface area contributed by atoms with Gasteiger partial charge in [-0.05, 0) is 60.7 Å². The maximum absolute atomic E-state index is 14.0. The van der Waals surface area contributed by atoms with Crippen molar-refractivity contribution >= 4 is 22.7 Å². The number of benzene rings is 3. The smallest absolute Gasteiger partial charge is 0.262 e. The van der Waals surface area contributed by atoms with Crippen molar-refractivity contribution in [1.29, 1.82) is 0 Å². The summed E-state index contributed by atoms with van der Waals surface area (Å²) in [7, 11) is 6.23. The van der Waals surface area contributed by atoms with Crippen molar-refractivity contribution in [2.45, 2.75) is 31.8 Å². The monoisotopic (exact) mass is 571 g/mol. The summed E-state index contributed by atoms with van der Waals surface area (Å²) in [5, 5.41) is 1.13. The molecule has 1 heterocycles. The Bertz CT molecular complexity index is 1540. The molecule has 0 atom stereocenters. The van der Waals surface area contributed by atoms with Crippen molar-refractivity contribution in [3.05, 3.63) is 83.6 Å². The lowest BCUT2D eigenvalue weighted by Gasteiger charge is -2.29. The third-order valence-corrected chi connectivity index (χ3v) is 7.70. The Hall–Kier alpha value is -4.66. The molecule has 1 fully saturated rings. The first-order valence-electron chi connectivity index (χ1n) is 14.0. The number of methoxy groups -OCH3 is 4. The van der Waals surface area contributed by atoms with Crippen molar-refractivity contribution in [3.8, 4) is 23.0 Å². The first-order valence-corrected chi connectivity index (χ1v) is 14.0. The zero-order valence-corrected chi connectivity index (χ0v) is 24.5. The van der Waals surface area contributed by atoms with Gasteiger partial charge in [0.15, 0.2) is 11.5 Å². The van der Waals surface area contributed by atoms with Gasteiger partial charge in [0, 0.05) is 36.2 Å². The maximum atomic E-state index is 14.0. The van der Waals surface area contributed by atoms with Gasteiger partial charge >= 0.3 is 0 Å². The lowest BCUT2D eigenvalue weighted by molar-refractivity contribution is -0.132. The Morgan fingerprint density at radius 3 is 2.19 bits per heavy atom. The minimum Gasteiger partial charge on any atom is -0.496 e. The summed E-state index contributed by atoms with van der Waals surface area (Å²) >= 11 is 0. The van der Waals surface area contributed by atoms with Gasteiger partial charge in [0.05, 0.1) is 28.4 Å². The van der Waals surface area contributed by atoms with Gasteiger partial charge in [-0.3, -0.25) is 9.59 Å². The Labute approximate surface area is 245 Å². The second-order valence-corrected chi connectivity index (χ2v) is 10.3. The lowest BCUT2D eigenvalue weighted by Crippen LogP contribution is -2.44. The zero-order chi connectivity index (χ0) is 29.6. The van der Waals surface area contributed by atoms with Gasteiger partial charge in [0.2, 0.25) is 5.91 Å². The standard InChI is InChI=1S/C33H37N3O6/c1-39-27-15-12-22(18-30(27)42-4)20-35(17-16-23-19-34-26-9-6-5-8-25(23)26)31(37)21-36(24-13-14-24)33(38)32-28(40-2)10-7-11-29(32)41-3/h5-12,15,18-19,24,34H,13-14,16-17,20-21H2,1-4H3. The highest BCUT2D eigenvalue weighted by Gasteiger charge is 2.37. The van der Waals surface area contributed by atoms with E-state index >= 15 is 0 Å². The van der Waals surface area contributed by atoms with Gasteiger partial charge in [-0.25, -0.2) is 0 Å². The van der Waals surface area contributed by atoms with Crippen molar-refractivity contribution in [3.63, 3.8) is 0 Å². The third-order valence-electron chi connectivity index (χ3n) is 7.70. The van der Waals surface area contributed by atoms with Crippen LogP contribution < -0.4 is 18.9 Å². The summed E-state index contributed by atoms with van der Waals surface area (Å²) in [6.45, 7) is 0.776. The minimum absolute atomic E-state index is 0.00684. The molecule has 9 nitrogen and oxygen atoms in total. The Balaban J connectivity index is 1.42. The van der Waals surface area contributed by atoms with Crippen LogP contribution in [0.1, 0.15) is 34.3 Å². The number of nitrogens with one attached hydrogen (secondary N) is 1. The molecule has 0 unspecified atom stereocenters. The molecule has 1 aliphatic carbocycles. The highest BCUT2D eigenvalue weighted by Crippen LogP contribution is 2.35. The first kappa shape index (κ1) is 28.9. The fraction of sp³-hybridized carbons (Fsp3) is 0.333. The normalized spacial score (nSPS) is 12.6. The predicted octanol–water partition coefficient (Wildman–Crippen LogP) is 5.08. The molecule has 0 radical (unpaired) electrons. The molecule has 0 spiro atoms. The summed E-state index contributed by atoms with van der Waals surface area (Å²) in [6, 6.07) is 19.0. The quantitative estimate of drug-likeness (QED) is 0.241. The van der Waals surface area contributed by atoms with Crippen molar-refractivity contribution in [2.75, 3.05) is 41.5 Å². The third kappa shape index (κ3) is 6.15. The van der Waals surface area contributed by atoms with E-state index in [1.165, 1.54) is 14.2 Å². The van der Waals surface area contributed by atoms with Crippen LogP contribution in [0, 0.1) is 0 Å². The van der Waals surface area contributed by atoms with Gasteiger partial charge in [0.1, 0.15) is 23.6 Å². The number of aromatic amines is 1. The van der Waals surface area contributed by atoms with Crippen LogP contribution in [0.3, 0.4) is 0 Å². The molecule has 42 heavy (non-hydrogen) atoms. The van der Waals surface area contributed by atoms with E-state index in [1.54, 1.807) is 37.3 Å². The van der Waals surface area contributed by atoms with Gasteiger partial charge in [-0.1, -0.05) is 30.3 Å². The molecular weight excluding hydrogens is 534 g/mol. The number of aromatic nitrogens is 1. The molecule has 0 aliphatic heterocycles. The van der Waals surface area contributed by atoms with Crippen molar-refractivity contribution in [2.24, 2.45) is 0 Å². The molecule has 0 bridgehead atoms. The number of carbonyl (C=O) groups is 2. The van der Waals surface area contributed by atoms with Gasteiger partial charge < -0.3 is 33.7 Å². The van der Waals surface area contributed by atoms with E-state index < -0.39 is 0 Å². The molecule has 3 aromatic carbocycles. The van der Waals surface area contributed by atoms with Crippen LogP contribution in [-0.2, 0) is 17.8 Å². The summed E-state index contributed by atoms with van der Waals surface area (Å²) in [5.41, 5.74) is 3.41. The number of hydrogen-bond donors (Lipinski definition) is 1. The van der Waals surface area contributed by atoms with E-state index in [1.807, 2.05) is 47.5 Å². The number of ether oxygens (including phenoxy) is 4. The average Bonchev–Trinajstić information content (AvgIpc) is 3.79. The SMILES string of the molecule is COc1ccc(CN(CCc2c[nH]c3ccccc23)C(=O)CN(C(=O)c2c(OC)cccc2OC)C2CC2)cc1OC. The Morgan fingerprint density at radius 2 is 1.52 bits per heavy atom. The predicted molar refractivity (Wildman–Crippen MR) is 161 cm³/mol. The van der Waals surface area contributed by atoms with Crippen molar-refractivity contribution in [1.82, 2.24) is 14.8 Å². The number of amides is 2. The van der Waals surface area contributed by atoms with Gasteiger partial charge in [-0.2, -0.15) is 0 Å². The summed E-state index contributed by atoms with van der Waals surface area (Å²) in [5.74, 6) is 1.63. The molecule has 220 valence electrons. The van der Waals surface area contributed by atoms with E-state index in [0.29, 0.717) is 48.1 Å². The number of H-pyrrole nitrogens is 1. The van der Waals surface area contributed by atoms with Crippen molar-refractivity contribution < 1.29 is 28.5 Å². The van der Waals surface area contributed by atoms with Crippen LogP contribution in [0.4, 0.5) is 0 Å². The molecular formula is C33H37N3O6. The topological polar surface area (TPSA) is 93.3 Å². The largest absolute Gasteiger partial charge is 0.496 e. The summed E-state index contributed by atoms with van der Waals surface area (Å²) in [4.78, 5) is 34.7.